The molecule has 0 radical (unpaired) electrons. The Balaban J connectivity index is 2.70. The monoisotopic (exact) mass is 161 g/mol. The summed E-state index contributed by atoms with van der Waals surface area (Å²) in [5, 5.41) is 0. The highest BCUT2D eigenvalue weighted by Gasteiger charge is 2.26. The maximum Gasteiger partial charge on any atom is 0.343 e. The highest BCUT2D eigenvalue weighted by molar-refractivity contribution is 6.22. The van der Waals surface area contributed by atoms with Crippen molar-refractivity contribution < 1.29 is 9.53 Å². The zero-order valence-electron chi connectivity index (χ0n) is 6.33. The Bertz CT molecular complexity index is 382. The SMILES string of the molecule is C=C1C(=O)Oc2cccc(N)c21. The molecule has 0 spiro atoms. The van der Waals surface area contributed by atoms with Gasteiger partial charge in [0.2, 0.25) is 0 Å². The molecule has 0 fully saturated rings. The summed E-state index contributed by atoms with van der Waals surface area (Å²) in [6.07, 6.45) is 0. The summed E-state index contributed by atoms with van der Waals surface area (Å²) in [4.78, 5) is 11.0. The average molecular weight is 161 g/mol. The number of hydrogen-bond acceptors (Lipinski definition) is 3. The number of nitrogens with two attached hydrogens (primary N) is 1. The van der Waals surface area contributed by atoms with E-state index in [4.69, 9.17) is 10.5 Å². The first kappa shape index (κ1) is 6.91. The Morgan fingerprint density at radius 1 is 1.42 bits per heavy atom. The molecule has 1 aromatic carbocycles. The Kier molecular flexibility index (Phi) is 1.21. The van der Waals surface area contributed by atoms with Crippen molar-refractivity contribution in [2.75, 3.05) is 5.73 Å². The quantitative estimate of drug-likeness (QED) is 0.269. The van der Waals surface area contributed by atoms with Gasteiger partial charge < -0.3 is 10.5 Å². The van der Waals surface area contributed by atoms with Gasteiger partial charge in [0.05, 0.1) is 11.1 Å². The fourth-order valence-corrected chi connectivity index (χ4v) is 1.22. The zero-order chi connectivity index (χ0) is 8.72. The van der Waals surface area contributed by atoms with Crippen molar-refractivity contribution in [3.05, 3.63) is 30.3 Å². The molecule has 1 aliphatic heterocycles. The van der Waals surface area contributed by atoms with Crippen molar-refractivity contribution >= 4 is 17.2 Å². The van der Waals surface area contributed by atoms with Crippen LogP contribution in [0.5, 0.6) is 5.75 Å². The second-order valence-electron chi connectivity index (χ2n) is 2.59. The van der Waals surface area contributed by atoms with Crippen LogP contribution in [0, 0.1) is 0 Å². The summed E-state index contributed by atoms with van der Waals surface area (Å²) in [6.45, 7) is 3.58. The van der Waals surface area contributed by atoms with E-state index in [1.807, 2.05) is 0 Å². The Morgan fingerprint density at radius 2 is 2.17 bits per heavy atom. The summed E-state index contributed by atoms with van der Waals surface area (Å²) in [7, 11) is 0. The number of ether oxygens (including phenoxy) is 1. The van der Waals surface area contributed by atoms with Crippen molar-refractivity contribution in [1.82, 2.24) is 0 Å². The van der Waals surface area contributed by atoms with Crippen LogP contribution in [0.4, 0.5) is 5.69 Å². The van der Waals surface area contributed by atoms with Gasteiger partial charge in [-0.2, -0.15) is 0 Å². The van der Waals surface area contributed by atoms with E-state index in [1.165, 1.54) is 0 Å². The van der Waals surface area contributed by atoms with Crippen molar-refractivity contribution in [2.24, 2.45) is 0 Å². The van der Waals surface area contributed by atoms with Crippen LogP contribution in [0.1, 0.15) is 5.56 Å². The maximum atomic E-state index is 11.0. The van der Waals surface area contributed by atoms with Gasteiger partial charge in [-0.3, -0.25) is 0 Å². The molecule has 0 amide bonds. The van der Waals surface area contributed by atoms with Crippen molar-refractivity contribution in [3.8, 4) is 5.75 Å². The number of carbonyl (C=O) groups is 1. The molecule has 0 saturated heterocycles. The van der Waals surface area contributed by atoms with Gasteiger partial charge in [0.15, 0.2) is 0 Å². The molecule has 3 heteroatoms. The minimum Gasteiger partial charge on any atom is -0.422 e. The molecule has 0 atom stereocenters. The lowest BCUT2D eigenvalue weighted by Crippen LogP contribution is -1.99. The molecular formula is C9H7NO2. The fourth-order valence-electron chi connectivity index (χ4n) is 1.22. The third-order valence-corrected chi connectivity index (χ3v) is 1.81. The first-order valence-corrected chi connectivity index (χ1v) is 3.50. The van der Waals surface area contributed by atoms with E-state index in [-0.39, 0.29) is 0 Å². The lowest BCUT2D eigenvalue weighted by Gasteiger charge is -1.98. The van der Waals surface area contributed by atoms with Crippen molar-refractivity contribution in [2.45, 2.75) is 0 Å². The van der Waals surface area contributed by atoms with Gasteiger partial charge >= 0.3 is 5.97 Å². The van der Waals surface area contributed by atoms with Crippen LogP contribution < -0.4 is 10.5 Å². The summed E-state index contributed by atoms with van der Waals surface area (Å²) in [5.74, 6) is 0.0906. The predicted molar refractivity (Wildman–Crippen MR) is 45.5 cm³/mol. The van der Waals surface area contributed by atoms with Gasteiger partial charge in [0.1, 0.15) is 5.75 Å². The van der Waals surface area contributed by atoms with Crippen molar-refractivity contribution in [1.29, 1.82) is 0 Å². The molecule has 0 unspecified atom stereocenters. The van der Waals surface area contributed by atoms with E-state index in [0.29, 0.717) is 22.6 Å². The van der Waals surface area contributed by atoms with Gasteiger partial charge in [0.25, 0.3) is 0 Å². The molecule has 2 N–H and O–H groups in total. The lowest BCUT2D eigenvalue weighted by molar-refractivity contribution is -0.126. The molecule has 1 heterocycles. The topological polar surface area (TPSA) is 52.3 Å². The maximum absolute atomic E-state index is 11.0. The molecule has 0 saturated carbocycles. The average Bonchev–Trinajstić information content (AvgIpc) is 2.29. The minimum absolute atomic E-state index is 0.336. The van der Waals surface area contributed by atoms with Gasteiger partial charge in [-0.05, 0) is 12.1 Å². The van der Waals surface area contributed by atoms with E-state index in [0.717, 1.165) is 0 Å². The molecule has 3 nitrogen and oxygen atoms in total. The molecule has 0 aliphatic carbocycles. The number of carbonyl (C=O) groups excluding carboxylic acids is 1. The highest BCUT2D eigenvalue weighted by Crippen LogP contribution is 2.36. The normalized spacial score (nSPS) is 14.3. The molecule has 60 valence electrons. The Hall–Kier alpha value is -1.77. The largest absolute Gasteiger partial charge is 0.422 e. The molecule has 1 aromatic rings. The van der Waals surface area contributed by atoms with E-state index in [2.05, 4.69) is 6.58 Å². The van der Waals surface area contributed by atoms with Gasteiger partial charge in [-0.1, -0.05) is 12.6 Å². The molecular weight excluding hydrogens is 154 g/mol. The second kappa shape index (κ2) is 2.11. The smallest absolute Gasteiger partial charge is 0.343 e. The molecule has 2 rings (SSSR count). The van der Waals surface area contributed by atoms with E-state index in [9.17, 15) is 4.79 Å². The van der Waals surface area contributed by atoms with E-state index >= 15 is 0 Å². The molecule has 0 bridgehead atoms. The minimum atomic E-state index is -0.414. The highest BCUT2D eigenvalue weighted by atomic mass is 16.5. The number of anilines is 1. The molecule has 1 aliphatic rings. The number of fused-ring (bicyclic) bond motifs is 1. The number of hydrogen-bond donors (Lipinski definition) is 1. The Morgan fingerprint density at radius 3 is 2.83 bits per heavy atom. The van der Waals surface area contributed by atoms with Gasteiger partial charge in [-0.15, -0.1) is 0 Å². The van der Waals surface area contributed by atoms with Crippen LogP contribution in [0.25, 0.3) is 5.57 Å². The zero-order valence-corrected chi connectivity index (χ0v) is 6.33. The second-order valence-corrected chi connectivity index (χ2v) is 2.59. The number of nitrogen functional groups attached to an aromatic ring is 1. The summed E-state index contributed by atoms with van der Waals surface area (Å²) >= 11 is 0. The number of benzene rings is 1. The summed E-state index contributed by atoms with van der Waals surface area (Å²) in [6, 6.07) is 5.15. The van der Waals surface area contributed by atoms with Crippen LogP contribution in [0.2, 0.25) is 0 Å². The van der Waals surface area contributed by atoms with E-state index in [1.54, 1.807) is 18.2 Å². The number of rotatable bonds is 0. The van der Waals surface area contributed by atoms with Crippen LogP contribution in [-0.2, 0) is 4.79 Å². The lowest BCUT2D eigenvalue weighted by atomic mass is 10.1. The Labute approximate surface area is 69.4 Å². The third-order valence-electron chi connectivity index (χ3n) is 1.81. The fraction of sp³-hybridized carbons (Fsp3) is 0. The molecule has 12 heavy (non-hydrogen) atoms. The van der Waals surface area contributed by atoms with E-state index < -0.39 is 5.97 Å². The van der Waals surface area contributed by atoms with Crippen LogP contribution in [0.3, 0.4) is 0 Å². The predicted octanol–water partition coefficient (Wildman–Crippen LogP) is 1.20. The van der Waals surface area contributed by atoms with Crippen LogP contribution in [0.15, 0.2) is 24.8 Å². The summed E-state index contributed by atoms with van der Waals surface area (Å²) < 4.78 is 4.88. The molecule has 0 aromatic heterocycles. The van der Waals surface area contributed by atoms with Crippen molar-refractivity contribution in [3.63, 3.8) is 0 Å². The van der Waals surface area contributed by atoms with Crippen LogP contribution >= 0.6 is 0 Å². The number of esters is 1. The third kappa shape index (κ3) is 0.733. The standard InChI is InChI=1S/C9H7NO2/c1-5-8-6(10)3-2-4-7(8)12-9(5)11/h2-4H,1,10H2. The first-order chi connectivity index (χ1) is 5.70. The summed E-state index contributed by atoms with van der Waals surface area (Å²) in [5.41, 5.74) is 7.13. The van der Waals surface area contributed by atoms with Gasteiger partial charge in [0, 0.05) is 5.69 Å². The van der Waals surface area contributed by atoms with Gasteiger partial charge in [-0.25, -0.2) is 4.79 Å². The first-order valence-electron chi connectivity index (χ1n) is 3.50. The van der Waals surface area contributed by atoms with Crippen LogP contribution in [-0.4, -0.2) is 5.97 Å².